The molecular weight excluding hydrogens is 316 g/mol. The van der Waals surface area contributed by atoms with Crippen LogP contribution in [0.15, 0.2) is 10.4 Å². The Morgan fingerprint density at radius 2 is 2.14 bits per heavy atom. The van der Waals surface area contributed by atoms with Gasteiger partial charge in [-0.25, -0.2) is 18.1 Å². The number of nitrogens with zero attached hydrogens (tertiary/aromatic N) is 1. The van der Waals surface area contributed by atoms with E-state index < -0.39 is 22.2 Å². The molecule has 118 valence electrons. The lowest BCUT2D eigenvalue weighted by Crippen LogP contribution is -2.30. The Morgan fingerprint density at radius 1 is 1.48 bits per heavy atom. The molecule has 2 rings (SSSR count). The molecule has 2 heterocycles. The predicted octanol–water partition coefficient (Wildman–Crippen LogP) is 1.43. The molecule has 1 aliphatic heterocycles. The van der Waals surface area contributed by atoms with E-state index in [0.29, 0.717) is 30.6 Å². The number of aromatic nitrogens is 1. The molecule has 9 heteroatoms. The summed E-state index contributed by atoms with van der Waals surface area (Å²) in [6, 6.07) is 0. The number of thiazole rings is 1. The van der Waals surface area contributed by atoms with Crippen molar-refractivity contribution in [2.24, 2.45) is 5.92 Å². The van der Waals surface area contributed by atoms with Gasteiger partial charge in [0.15, 0.2) is 9.22 Å². The van der Waals surface area contributed by atoms with E-state index in [0.717, 1.165) is 11.3 Å². The minimum atomic E-state index is -3.87. The second-order valence-corrected chi connectivity index (χ2v) is 8.02. The fourth-order valence-corrected chi connectivity index (χ4v) is 3.84. The van der Waals surface area contributed by atoms with Gasteiger partial charge in [0.25, 0.3) is 10.0 Å². The van der Waals surface area contributed by atoms with Crippen LogP contribution in [0.25, 0.3) is 0 Å². The van der Waals surface area contributed by atoms with Crippen molar-refractivity contribution in [1.82, 2.24) is 9.71 Å². The first-order valence-corrected chi connectivity index (χ1v) is 8.93. The van der Waals surface area contributed by atoms with Gasteiger partial charge in [-0.15, -0.1) is 11.3 Å². The summed E-state index contributed by atoms with van der Waals surface area (Å²) in [5, 5.41) is 0.433. The highest BCUT2D eigenvalue weighted by Gasteiger charge is 2.26. The minimum Gasteiger partial charge on any atom is -0.344 e. The van der Waals surface area contributed by atoms with Gasteiger partial charge in [0, 0.05) is 6.42 Å². The van der Waals surface area contributed by atoms with E-state index in [1.165, 1.54) is 6.20 Å². The molecule has 1 fully saturated rings. The quantitative estimate of drug-likeness (QED) is 0.845. The zero-order valence-electron chi connectivity index (χ0n) is 11.9. The smallest absolute Gasteiger partial charge is 0.275 e. The van der Waals surface area contributed by atoms with Crippen LogP contribution in [0, 0.1) is 5.92 Å². The van der Waals surface area contributed by atoms with Gasteiger partial charge in [-0.1, -0.05) is 13.8 Å². The molecule has 0 aromatic carbocycles. The van der Waals surface area contributed by atoms with Crippen molar-refractivity contribution in [1.29, 1.82) is 0 Å². The number of hydrogen-bond donors (Lipinski definition) is 1. The SMILES string of the molecule is CC(C)CCC(=O)NS(=O)(=O)c1cnc(C2OCCO2)s1. The maximum absolute atomic E-state index is 12.1. The molecule has 1 amide bonds. The van der Waals surface area contributed by atoms with E-state index in [1.54, 1.807) is 0 Å². The van der Waals surface area contributed by atoms with Gasteiger partial charge in [-0.05, 0) is 12.3 Å². The van der Waals surface area contributed by atoms with Crippen molar-refractivity contribution in [3.63, 3.8) is 0 Å². The minimum absolute atomic E-state index is 0.0190. The zero-order chi connectivity index (χ0) is 15.5. The summed E-state index contributed by atoms with van der Waals surface area (Å²) >= 11 is 0.940. The Labute approximate surface area is 127 Å². The number of carbonyl (C=O) groups is 1. The third-order valence-corrected chi connectivity index (χ3v) is 5.64. The molecule has 1 saturated heterocycles. The third-order valence-electron chi connectivity index (χ3n) is 2.79. The Morgan fingerprint density at radius 3 is 2.76 bits per heavy atom. The van der Waals surface area contributed by atoms with E-state index in [2.05, 4.69) is 9.71 Å². The van der Waals surface area contributed by atoms with E-state index in [4.69, 9.17) is 9.47 Å². The molecule has 7 nitrogen and oxygen atoms in total. The normalized spacial score (nSPS) is 16.5. The number of hydrogen-bond acceptors (Lipinski definition) is 7. The third kappa shape index (κ3) is 4.47. The van der Waals surface area contributed by atoms with Gasteiger partial charge in [-0.3, -0.25) is 4.79 Å². The molecule has 1 N–H and O–H groups in total. The molecule has 1 aliphatic rings. The highest BCUT2D eigenvalue weighted by Crippen LogP contribution is 2.29. The average molecular weight is 334 g/mol. The van der Waals surface area contributed by atoms with Crippen LogP contribution in [-0.2, 0) is 24.3 Å². The number of ether oxygens (including phenoxy) is 2. The molecule has 0 bridgehead atoms. The number of rotatable bonds is 6. The molecule has 0 aliphatic carbocycles. The molecule has 1 aromatic heterocycles. The van der Waals surface area contributed by atoms with Crippen molar-refractivity contribution in [3.05, 3.63) is 11.2 Å². The molecule has 0 spiro atoms. The van der Waals surface area contributed by atoms with Crippen LogP contribution in [0.3, 0.4) is 0 Å². The Kier molecular flexibility index (Phi) is 5.31. The van der Waals surface area contributed by atoms with Crippen molar-refractivity contribution in [2.75, 3.05) is 13.2 Å². The maximum Gasteiger partial charge on any atom is 0.275 e. The molecule has 0 saturated carbocycles. The van der Waals surface area contributed by atoms with Crippen molar-refractivity contribution < 1.29 is 22.7 Å². The number of sulfonamides is 1. The maximum atomic E-state index is 12.1. The van der Waals surface area contributed by atoms with E-state index in [9.17, 15) is 13.2 Å². The van der Waals surface area contributed by atoms with Gasteiger partial charge >= 0.3 is 0 Å². The van der Waals surface area contributed by atoms with E-state index >= 15 is 0 Å². The van der Waals surface area contributed by atoms with E-state index in [-0.39, 0.29) is 10.6 Å². The molecule has 0 radical (unpaired) electrons. The van der Waals surface area contributed by atoms with Gasteiger partial charge < -0.3 is 9.47 Å². The highest BCUT2D eigenvalue weighted by atomic mass is 32.2. The highest BCUT2D eigenvalue weighted by molar-refractivity contribution is 7.92. The van der Waals surface area contributed by atoms with Gasteiger partial charge in [0.05, 0.1) is 19.4 Å². The first-order valence-electron chi connectivity index (χ1n) is 6.63. The van der Waals surface area contributed by atoms with Crippen LogP contribution in [-0.4, -0.2) is 32.5 Å². The number of carbonyl (C=O) groups excluding carboxylic acids is 1. The Balaban J connectivity index is 2.00. The summed E-state index contributed by atoms with van der Waals surface area (Å²) in [4.78, 5) is 15.6. The van der Waals surface area contributed by atoms with Crippen LogP contribution >= 0.6 is 11.3 Å². The molecule has 1 aromatic rings. The number of nitrogens with one attached hydrogen (secondary N) is 1. The summed E-state index contributed by atoms with van der Waals surface area (Å²) in [5.41, 5.74) is 0. The summed E-state index contributed by atoms with van der Waals surface area (Å²) in [6.07, 6.45) is 1.41. The van der Waals surface area contributed by atoms with Crippen LogP contribution in [0.4, 0.5) is 0 Å². The first kappa shape index (κ1) is 16.3. The lowest BCUT2D eigenvalue weighted by Gasteiger charge is -2.06. The van der Waals surface area contributed by atoms with Crippen LogP contribution in [0.5, 0.6) is 0 Å². The summed E-state index contributed by atoms with van der Waals surface area (Å²) in [7, 11) is -3.87. The van der Waals surface area contributed by atoms with Crippen LogP contribution in [0.1, 0.15) is 38.0 Å². The summed E-state index contributed by atoms with van der Waals surface area (Å²) < 4.78 is 36.7. The Bertz CT molecular complexity index is 591. The zero-order valence-corrected chi connectivity index (χ0v) is 13.5. The molecule has 0 atom stereocenters. The average Bonchev–Trinajstić information content (AvgIpc) is 3.06. The molecule has 0 unspecified atom stereocenters. The van der Waals surface area contributed by atoms with Crippen molar-refractivity contribution in [2.45, 2.75) is 37.2 Å². The predicted molar refractivity (Wildman–Crippen MR) is 76.2 cm³/mol. The van der Waals surface area contributed by atoms with Crippen molar-refractivity contribution in [3.8, 4) is 0 Å². The summed E-state index contributed by atoms with van der Waals surface area (Å²) in [5.74, 6) is -0.169. The fraction of sp³-hybridized carbons (Fsp3) is 0.667. The van der Waals surface area contributed by atoms with Gasteiger partial charge in [-0.2, -0.15) is 0 Å². The second kappa shape index (κ2) is 6.82. The molecular formula is C12H18N2O5S2. The number of amides is 1. The lowest BCUT2D eigenvalue weighted by molar-refractivity contribution is -0.119. The van der Waals surface area contributed by atoms with Crippen LogP contribution < -0.4 is 4.72 Å². The van der Waals surface area contributed by atoms with Gasteiger partial charge in [0.2, 0.25) is 12.2 Å². The largest absolute Gasteiger partial charge is 0.344 e. The standard InChI is InChI=1S/C12H18N2O5S2/c1-8(2)3-4-9(15)14-21(16,17)10-7-13-11(20-10)12-18-5-6-19-12/h7-8,12H,3-6H2,1-2H3,(H,14,15). The van der Waals surface area contributed by atoms with E-state index in [1.807, 2.05) is 13.8 Å². The second-order valence-electron chi connectivity index (χ2n) is 5.05. The monoisotopic (exact) mass is 334 g/mol. The Hall–Kier alpha value is -1.03. The first-order chi connectivity index (χ1) is 9.88. The molecule has 21 heavy (non-hydrogen) atoms. The topological polar surface area (TPSA) is 94.6 Å². The van der Waals surface area contributed by atoms with Crippen LogP contribution in [0.2, 0.25) is 0 Å². The fourth-order valence-electron chi connectivity index (χ4n) is 1.68. The lowest BCUT2D eigenvalue weighted by atomic mass is 10.1. The van der Waals surface area contributed by atoms with Crippen molar-refractivity contribution >= 4 is 27.3 Å². The van der Waals surface area contributed by atoms with Gasteiger partial charge in [0.1, 0.15) is 0 Å². The summed E-state index contributed by atoms with van der Waals surface area (Å²) in [6.45, 7) is 4.86.